The molecule has 1 saturated heterocycles. The van der Waals surface area contributed by atoms with Crippen LogP contribution in [0.1, 0.15) is 24.3 Å². The molecule has 1 unspecified atom stereocenters. The molecule has 1 N–H and O–H groups in total. The van der Waals surface area contributed by atoms with Crippen LogP contribution in [0.2, 0.25) is 0 Å². The van der Waals surface area contributed by atoms with E-state index in [4.69, 9.17) is 0 Å². The molecule has 0 amide bonds. The Kier molecular flexibility index (Phi) is 3.17. The van der Waals surface area contributed by atoms with Crippen molar-refractivity contribution in [3.05, 3.63) is 46.4 Å². The first-order valence-electron chi connectivity index (χ1n) is 6.24. The van der Waals surface area contributed by atoms with Crippen LogP contribution in [0.5, 0.6) is 0 Å². The number of piperidine rings is 1. The van der Waals surface area contributed by atoms with E-state index in [0.717, 1.165) is 6.54 Å². The molecular formula is C15H16BrN. The van der Waals surface area contributed by atoms with Gasteiger partial charge in [0.25, 0.3) is 0 Å². The average Bonchev–Trinajstić information content (AvgIpc) is 2.40. The second kappa shape index (κ2) is 4.79. The lowest BCUT2D eigenvalue weighted by atomic mass is 9.90. The van der Waals surface area contributed by atoms with E-state index in [2.05, 4.69) is 57.6 Å². The van der Waals surface area contributed by atoms with Gasteiger partial charge < -0.3 is 5.32 Å². The maximum absolute atomic E-state index is 3.79. The van der Waals surface area contributed by atoms with Crippen LogP contribution in [0.3, 0.4) is 0 Å². The maximum atomic E-state index is 3.79. The second-order valence-corrected chi connectivity index (χ2v) is 5.53. The normalized spacial score (nSPS) is 20.6. The molecule has 1 atom stereocenters. The van der Waals surface area contributed by atoms with E-state index in [1.807, 2.05) is 0 Å². The molecule has 17 heavy (non-hydrogen) atoms. The van der Waals surface area contributed by atoms with E-state index in [1.165, 1.54) is 40.2 Å². The van der Waals surface area contributed by atoms with Crippen LogP contribution in [0.15, 0.2) is 40.9 Å². The van der Waals surface area contributed by atoms with Crippen LogP contribution in [0, 0.1) is 0 Å². The van der Waals surface area contributed by atoms with Gasteiger partial charge in [-0.3, -0.25) is 0 Å². The van der Waals surface area contributed by atoms with Gasteiger partial charge in [-0.15, -0.1) is 0 Å². The Morgan fingerprint density at radius 3 is 2.82 bits per heavy atom. The molecule has 88 valence electrons. The fraction of sp³-hybridized carbons (Fsp3) is 0.333. The number of halogens is 1. The van der Waals surface area contributed by atoms with Crippen molar-refractivity contribution in [3.63, 3.8) is 0 Å². The van der Waals surface area contributed by atoms with E-state index in [0.29, 0.717) is 5.92 Å². The highest BCUT2D eigenvalue weighted by atomic mass is 79.9. The lowest BCUT2D eigenvalue weighted by Crippen LogP contribution is -2.28. The van der Waals surface area contributed by atoms with Gasteiger partial charge in [-0.05, 0) is 57.6 Å². The van der Waals surface area contributed by atoms with Gasteiger partial charge in [0.1, 0.15) is 0 Å². The molecule has 0 aliphatic carbocycles. The molecule has 0 spiro atoms. The third-order valence-electron chi connectivity index (χ3n) is 3.63. The van der Waals surface area contributed by atoms with Gasteiger partial charge in [-0.1, -0.05) is 36.4 Å². The van der Waals surface area contributed by atoms with Crippen molar-refractivity contribution in [2.45, 2.75) is 18.8 Å². The molecule has 1 fully saturated rings. The molecule has 1 aliphatic rings. The lowest BCUT2D eigenvalue weighted by Gasteiger charge is -2.24. The zero-order valence-corrected chi connectivity index (χ0v) is 11.3. The van der Waals surface area contributed by atoms with Crippen LogP contribution in [-0.4, -0.2) is 13.1 Å². The zero-order valence-electron chi connectivity index (χ0n) is 9.75. The maximum Gasteiger partial charge on any atom is 0.0289 e. The summed E-state index contributed by atoms with van der Waals surface area (Å²) in [6, 6.07) is 13.1. The van der Waals surface area contributed by atoms with Crippen molar-refractivity contribution in [2.75, 3.05) is 13.1 Å². The summed E-state index contributed by atoms with van der Waals surface area (Å²) in [7, 11) is 0. The van der Waals surface area contributed by atoms with E-state index >= 15 is 0 Å². The van der Waals surface area contributed by atoms with Crippen LogP contribution in [-0.2, 0) is 0 Å². The Morgan fingerprint density at radius 1 is 1.12 bits per heavy atom. The van der Waals surface area contributed by atoms with Crippen LogP contribution < -0.4 is 5.32 Å². The highest BCUT2D eigenvalue weighted by molar-refractivity contribution is 9.10. The van der Waals surface area contributed by atoms with Gasteiger partial charge in [0.05, 0.1) is 0 Å². The number of benzene rings is 2. The molecule has 2 heteroatoms. The third-order valence-corrected chi connectivity index (χ3v) is 4.51. The Morgan fingerprint density at radius 2 is 2.00 bits per heavy atom. The smallest absolute Gasteiger partial charge is 0.0289 e. The van der Waals surface area contributed by atoms with Crippen molar-refractivity contribution >= 4 is 26.7 Å². The summed E-state index contributed by atoms with van der Waals surface area (Å²) in [6.45, 7) is 2.28. The quantitative estimate of drug-likeness (QED) is 0.835. The standard InChI is InChI=1S/C15H16BrN/c16-15-13-6-2-1-4-11(13)7-8-14(15)12-5-3-9-17-10-12/h1-2,4,6-8,12,17H,3,5,9-10H2. The minimum Gasteiger partial charge on any atom is -0.316 e. The van der Waals surface area contributed by atoms with Gasteiger partial charge in [0, 0.05) is 11.0 Å². The molecule has 1 nitrogen and oxygen atoms in total. The number of hydrogen-bond acceptors (Lipinski definition) is 1. The predicted octanol–water partition coefficient (Wildman–Crippen LogP) is 4.07. The average molecular weight is 290 g/mol. The van der Waals surface area contributed by atoms with Crippen LogP contribution in [0.25, 0.3) is 10.8 Å². The van der Waals surface area contributed by atoms with Crippen molar-refractivity contribution in [3.8, 4) is 0 Å². The summed E-state index contributed by atoms with van der Waals surface area (Å²) in [4.78, 5) is 0. The molecule has 1 aliphatic heterocycles. The fourth-order valence-electron chi connectivity index (χ4n) is 2.68. The van der Waals surface area contributed by atoms with E-state index < -0.39 is 0 Å². The number of nitrogens with one attached hydrogen (secondary N) is 1. The highest BCUT2D eigenvalue weighted by Gasteiger charge is 2.18. The highest BCUT2D eigenvalue weighted by Crippen LogP contribution is 2.34. The number of rotatable bonds is 1. The minimum absolute atomic E-state index is 0.655. The summed E-state index contributed by atoms with van der Waals surface area (Å²) in [6.07, 6.45) is 2.58. The number of fused-ring (bicyclic) bond motifs is 1. The summed E-state index contributed by atoms with van der Waals surface area (Å²) >= 11 is 3.79. The number of hydrogen-bond donors (Lipinski definition) is 1. The molecular weight excluding hydrogens is 274 g/mol. The van der Waals surface area contributed by atoms with E-state index in [-0.39, 0.29) is 0 Å². The zero-order chi connectivity index (χ0) is 11.7. The van der Waals surface area contributed by atoms with Gasteiger partial charge in [0.15, 0.2) is 0 Å². The summed E-state index contributed by atoms with van der Waals surface area (Å²) in [5.74, 6) is 0.655. The van der Waals surface area contributed by atoms with E-state index in [1.54, 1.807) is 0 Å². The van der Waals surface area contributed by atoms with E-state index in [9.17, 15) is 0 Å². The largest absolute Gasteiger partial charge is 0.316 e. The first-order valence-corrected chi connectivity index (χ1v) is 7.03. The van der Waals surface area contributed by atoms with Crippen LogP contribution >= 0.6 is 15.9 Å². The molecule has 0 saturated carbocycles. The van der Waals surface area contributed by atoms with Crippen LogP contribution in [0.4, 0.5) is 0 Å². The fourth-order valence-corrected chi connectivity index (χ4v) is 3.50. The molecule has 2 aromatic carbocycles. The Balaban J connectivity index is 2.07. The van der Waals surface area contributed by atoms with Crippen molar-refractivity contribution in [1.82, 2.24) is 5.32 Å². The first kappa shape index (κ1) is 11.2. The summed E-state index contributed by atoms with van der Waals surface area (Å²) < 4.78 is 1.28. The minimum atomic E-state index is 0.655. The summed E-state index contributed by atoms with van der Waals surface area (Å²) in [5.41, 5.74) is 1.45. The Bertz CT molecular complexity index is 529. The third kappa shape index (κ3) is 2.12. The molecule has 0 radical (unpaired) electrons. The molecule has 3 rings (SSSR count). The molecule has 0 aromatic heterocycles. The summed E-state index contributed by atoms with van der Waals surface area (Å²) in [5, 5.41) is 6.13. The van der Waals surface area contributed by atoms with Gasteiger partial charge in [0.2, 0.25) is 0 Å². The topological polar surface area (TPSA) is 12.0 Å². The Labute approximate surface area is 110 Å². The predicted molar refractivity (Wildman–Crippen MR) is 76.5 cm³/mol. The van der Waals surface area contributed by atoms with Gasteiger partial charge in [-0.2, -0.15) is 0 Å². The monoisotopic (exact) mass is 289 g/mol. The van der Waals surface area contributed by atoms with Crippen molar-refractivity contribution < 1.29 is 0 Å². The molecule has 2 aromatic rings. The Hall–Kier alpha value is -0.860. The first-order chi connectivity index (χ1) is 8.36. The van der Waals surface area contributed by atoms with Gasteiger partial charge >= 0.3 is 0 Å². The molecule has 0 bridgehead atoms. The SMILES string of the molecule is Brc1c(C2CCCNC2)ccc2ccccc12. The lowest BCUT2D eigenvalue weighted by molar-refractivity contribution is 0.461. The second-order valence-electron chi connectivity index (χ2n) is 4.73. The van der Waals surface area contributed by atoms with Crippen molar-refractivity contribution in [2.24, 2.45) is 0 Å². The van der Waals surface area contributed by atoms with Crippen molar-refractivity contribution in [1.29, 1.82) is 0 Å². The molecule has 1 heterocycles. The van der Waals surface area contributed by atoms with Gasteiger partial charge in [-0.25, -0.2) is 0 Å².